The van der Waals surface area contributed by atoms with Crippen molar-refractivity contribution in [1.29, 1.82) is 0 Å². The number of carbonyl (C=O) groups is 1. The molecule has 0 saturated heterocycles. The highest BCUT2D eigenvalue weighted by Gasteiger charge is 2.15. The number of carbonyl (C=O) groups excluding carboxylic acids is 1. The van der Waals surface area contributed by atoms with E-state index < -0.39 is 6.10 Å². The van der Waals surface area contributed by atoms with E-state index in [1.807, 2.05) is 6.07 Å². The molecule has 0 spiro atoms. The second-order valence-electron chi connectivity index (χ2n) is 3.85. The third kappa shape index (κ3) is 5.27. The van der Waals surface area contributed by atoms with E-state index in [0.717, 1.165) is 6.54 Å². The minimum Gasteiger partial charge on any atom is -0.383 e. The van der Waals surface area contributed by atoms with Crippen molar-refractivity contribution in [3.63, 3.8) is 0 Å². The van der Waals surface area contributed by atoms with Crippen LogP contribution in [-0.2, 0) is 9.53 Å². The normalized spacial score (nSPS) is 12.1. The average Bonchev–Trinajstić information content (AvgIpc) is 2.42. The molecular weight excluding hydrogens is 232 g/mol. The lowest BCUT2D eigenvalue weighted by atomic mass is 10.1. The summed E-state index contributed by atoms with van der Waals surface area (Å²) in [6, 6.07) is 8.87. The summed E-state index contributed by atoms with van der Waals surface area (Å²) in [5.74, 6) is -0.380. The highest BCUT2D eigenvalue weighted by atomic mass is 16.5. The monoisotopic (exact) mass is 252 g/mol. The van der Waals surface area contributed by atoms with Crippen LogP contribution in [-0.4, -0.2) is 44.4 Å². The van der Waals surface area contributed by atoms with E-state index in [1.54, 1.807) is 31.4 Å². The fourth-order valence-corrected chi connectivity index (χ4v) is 1.46. The highest BCUT2D eigenvalue weighted by molar-refractivity contribution is 5.81. The van der Waals surface area contributed by atoms with E-state index in [4.69, 9.17) is 4.74 Å². The molecule has 5 heteroatoms. The van der Waals surface area contributed by atoms with Crippen LogP contribution in [0.15, 0.2) is 30.3 Å². The molecule has 100 valence electrons. The molecule has 1 atom stereocenters. The molecule has 1 amide bonds. The predicted molar refractivity (Wildman–Crippen MR) is 69.2 cm³/mol. The zero-order chi connectivity index (χ0) is 13.2. The summed E-state index contributed by atoms with van der Waals surface area (Å²) in [4.78, 5) is 11.6. The molecule has 0 aliphatic heterocycles. The van der Waals surface area contributed by atoms with Crippen molar-refractivity contribution in [1.82, 2.24) is 10.6 Å². The maximum Gasteiger partial charge on any atom is 0.253 e. The largest absolute Gasteiger partial charge is 0.383 e. The molecular formula is C13H20N2O3. The van der Waals surface area contributed by atoms with Crippen LogP contribution in [0.2, 0.25) is 0 Å². The molecule has 0 aliphatic rings. The topological polar surface area (TPSA) is 70.6 Å². The van der Waals surface area contributed by atoms with Gasteiger partial charge in [0.1, 0.15) is 0 Å². The molecule has 1 rings (SSSR count). The Labute approximate surface area is 107 Å². The van der Waals surface area contributed by atoms with Crippen molar-refractivity contribution in [2.45, 2.75) is 6.10 Å². The molecule has 0 fully saturated rings. The number of hydrogen-bond donors (Lipinski definition) is 3. The van der Waals surface area contributed by atoms with Gasteiger partial charge in [-0.25, -0.2) is 0 Å². The third-order valence-corrected chi connectivity index (χ3v) is 2.45. The molecule has 1 unspecified atom stereocenters. The summed E-state index contributed by atoms with van der Waals surface area (Å²) >= 11 is 0. The predicted octanol–water partition coefficient (Wildman–Crippen LogP) is 0.0722. The number of rotatable bonds is 8. The first-order chi connectivity index (χ1) is 8.75. The molecule has 1 aromatic rings. The second kappa shape index (κ2) is 8.63. The lowest BCUT2D eigenvalue weighted by Gasteiger charge is -2.11. The van der Waals surface area contributed by atoms with Crippen molar-refractivity contribution >= 4 is 5.91 Å². The minimum absolute atomic E-state index is 0.380. The molecule has 0 aromatic heterocycles. The van der Waals surface area contributed by atoms with Gasteiger partial charge in [0.05, 0.1) is 6.61 Å². The summed E-state index contributed by atoms with van der Waals surface area (Å²) in [7, 11) is 1.64. The fourth-order valence-electron chi connectivity index (χ4n) is 1.46. The zero-order valence-corrected chi connectivity index (χ0v) is 10.6. The molecule has 18 heavy (non-hydrogen) atoms. The summed E-state index contributed by atoms with van der Waals surface area (Å²) in [6.45, 7) is 2.51. The molecule has 0 aliphatic carbocycles. The Bertz CT molecular complexity index is 343. The van der Waals surface area contributed by atoms with E-state index in [-0.39, 0.29) is 5.91 Å². The van der Waals surface area contributed by atoms with Gasteiger partial charge in [-0.05, 0) is 5.56 Å². The lowest BCUT2D eigenvalue weighted by Crippen LogP contribution is -2.35. The Balaban J connectivity index is 2.20. The smallest absolute Gasteiger partial charge is 0.253 e. The lowest BCUT2D eigenvalue weighted by molar-refractivity contribution is -0.129. The molecule has 0 radical (unpaired) electrons. The van der Waals surface area contributed by atoms with E-state index in [0.29, 0.717) is 25.3 Å². The first-order valence-electron chi connectivity index (χ1n) is 5.96. The number of nitrogens with one attached hydrogen (secondary N) is 2. The number of benzene rings is 1. The van der Waals surface area contributed by atoms with Crippen molar-refractivity contribution < 1.29 is 14.6 Å². The number of aliphatic hydroxyl groups excluding tert-OH is 1. The SMILES string of the molecule is COCCNCCNC(=O)C(O)c1ccccc1. The van der Waals surface area contributed by atoms with Gasteiger partial charge in [-0.2, -0.15) is 0 Å². The summed E-state index contributed by atoms with van der Waals surface area (Å²) in [6.07, 6.45) is -1.11. The van der Waals surface area contributed by atoms with Gasteiger partial charge in [0, 0.05) is 26.7 Å². The quantitative estimate of drug-likeness (QED) is 0.573. The Morgan fingerprint density at radius 1 is 1.28 bits per heavy atom. The van der Waals surface area contributed by atoms with Crippen molar-refractivity contribution in [2.24, 2.45) is 0 Å². The molecule has 3 N–H and O–H groups in total. The first kappa shape index (κ1) is 14.6. The maximum atomic E-state index is 11.6. The van der Waals surface area contributed by atoms with Gasteiger partial charge in [-0.15, -0.1) is 0 Å². The van der Waals surface area contributed by atoms with Gasteiger partial charge in [-0.3, -0.25) is 4.79 Å². The van der Waals surface area contributed by atoms with Crippen molar-refractivity contribution in [2.75, 3.05) is 33.4 Å². The van der Waals surface area contributed by atoms with Gasteiger partial charge >= 0.3 is 0 Å². The van der Waals surface area contributed by atoms with Crippen LogP contribution in [0.25, 0.3) is 0 Å². The Morgan fingerprint density at radius 3 is 2.67 bits per heavy atom. The van der Waals surface area contributed by atoms with Crippen molar-refractivity contribution in [3.8, 4) is 0 Å². The van der Waals surface area contributed by atoms with Gasteiger partial charge in [0.2, 0.25) is 0 Å². The Morgan fingerprint density at radius 2 is 2.00 bits per heavy atom. The molecule has 0 saturated carbocycles. The number of amides is 1. The Hall–Kier alpha value is -1.43. The standard InChI is InChI=1S/C13H20N2O3/c1-18-10-9-14-7-8-15-13(17)12(16)11-5-3-2-4-6-11/h2-6,12,14,16H,7-10H2,1H3,(H,15,17). The van der Waals surface area contributed by atoms with E-state index in [2.05, 4.69) is 10.6 Å². The molecule has 0 heterocycles. The number of methoxy groups -OCH3 is 1. The van der Waals surface area contributed by atoms with Crippen LogP contribution < -0.4 is 10.6 Å². The van der Waals surface area contributed by atoms with Crippen LogP contribution in [0.4, 0.5) is 0 Å². The summed E-state index contributed by atoms with van der Waals surface area (Å²) in [5.41, 5.74) is 0.599. The molecule has 5 nitrogen and oxygen atoms in total. The van der Waals surface area contributed by atoms with Gasteiger partial charge < -0.3 is 20.5 Å². The van der Waals surface area contributed by atoms with Gasteiger partial charge in [0.25, 0.3) is 5.91 Å². The van der Waals surface area contributed by atoms with Crippen LogP contribution in [0, 0.1) is 0 Å². The number of aliphatic hydroxyl groups is 1. The highest BCUT2D eigenvalue weighted by Crippen LogP contribution is 2.11. The fraction of sp³-hybridized carbons (Fsp3) is 0.462. The van der Waals surface area contributed by atoms with Gasteiger partial charge in [-0.1, -0.05) is 30.3 Å². The van der Waals surface area contributed by atoms with E-state index >= 15 is 0 Å². The Kier molecular flexibility index (Phi) is 7.01. The maximum absolute atomic E-state index is 11.6. The average molecular weight is 252 g/mol. The third-order valence-electron chi connectivity index (χ3n) is 2.45. The van der Waals surface area contributed by atoms with Crippen molar-refractivity contribution in [3.05, 3.63) is 35.9 Å². The van der Waals surface area contributed by atoms with E-state index in [1.165, 1.54) is 0 Å². The van der Waals surface area contributed by atoms with E-state index in [9.17, 15) is 9.90 Å². The number of ether oxygens (including phenoxy) is 1. The number of hydrogen-bond acceptors (Lipinski definition) is 4. The van der Waals surface area contributed by atoms with Crippen LogP contribution in [0.3, 0.4) is 0 Å². The molecule has 1 aromatic carbocycles. The zero-order valence-electron chi connectivity index (χ0n) is 10.6. The van der Waals surface area contributed by atoms with Crippen LogP contribution >= 0.6 is 0 Å². The van der Waals surface area contributed by atoms with Crippen LogP contribution in [0.1, 0.15) is 11.7 Å². The summed E-state index contributed by atoms with van der Waals surface area (Å²) < 4.78 is 4.88. The van der Waals surface area contributed by atoms with Gasteiger partial charge in [0.15, 0.2) is 6.10 Å². The minimum atomic E-state index is -1.11. The molecule has 0 bridgehead atoms. The summed E-state index contributed by atoms with van der Waals surface area (Å²) in [5, 5.41) is 15.5. The van der Waals surface area contributed by atoms with Crippen LogP contribution in [0.5, 0.6) is 0 Å². The second-order valence-corrected chi connectivity index (χ2v) is 3.85. The first-order valence-corrected chi connectivity index (χ1v) is 5.96.